The molecule has 7 rings (SSSR count). The van der Waals surface area contributed by atoms with E-state index >= 15 is 0 Å². The highest BCUT2D eigenvalue weighted by molar-refractivity contribution is 6.31. The molecule has 2 fully saturated rings. The van der Waals surface area contributed by atoms with Crippen molar-refractivity contribution in [3.63, 3.8) is 0 Å². The van der Waals surface area contributed by atoms with Gasteiger partial charge in [0.2, 0.25) is 5.88 Å². The van der Waals surface area contributed by atoms with Gasteiger partial charge in [-0.25, -0.2) is 14.8 Å². The Morgan fingerprint density at radius 2 is 1.81 bits per heavy atom. The monoisotopic (exact) mass is 653 g/mol. The zero-order chi connectivity index (χ0) is 32.5. The van der Waals surface area contributed by atoms with Crippen LogP contribution in [0, 0.1) is 0 Å². The Bertz CT molecular complexity index is 1910. The summed E-state index contributed by atoms with van der Waals surface area (Å²) in [5.74, 6) is 1.65. The van der Waals surface area contributed by atoms with Crippen molar-refractivity contribution in [2.45, 2.75) is 77.4 Å². The molecule has 10 heteroatoms. The van der Waals surface area contributed by atoms with Crippen molar-refractivity contribution in [2.24, 2.45) is 0 Å². The lowest BCUT2D eigenvalue weighted by Crippen LogP contribution is -2.35. The number of carbonyl (C=O) groups excluding carboxylic acids is 1. The normalized spacial score (nSPS) is 17.6. The van der Waals surface area contributed by atoms with Crippen molar-refractivity contribution < 1.29 is 19.0 Å². The summed E-state index contributed by atoms with van der Waals surface area (Å²) < 4.78 is 19.8. The van der Waals surface area contributed by atoms with Gasteiger partial charge in [0.25, 0.3) is 0 Å². The van der Waals surface area contributed by atoms with Crippen LogP contribution in [0.25, 0.3) is 21.9 Å². The summed E-state index contributed by atoms with van der Waals surface area (Å²) in [6, 6.07) is 19.4. The van der Waals surface area contributed by atoms with Crippen molar-refractivity contribution in [1.29, 1.82) is 0 Å². The number of carbonyl (C=O) groups is 1. The molecule has 0 spiro atoms. The van der Waals surface area contributed by atoms with Crippen LogP contribution in [-0.4, -0.2) is 61.8 Å². The second kappa shape index (κ2) is 13.2. The standard InChI is InChI=1S/C37H40ClN5O4/c1-37(2,3)47-36(44)26-7-9-32-33(19-26)43(21-29-13-16-45-29)34(40-32)22-42-14-11-25(12-15-42)31-5-4-6-35(41-31)46-23-24-17-27-18-28(38)8-10-30(27)39-20-24/h4-10,17-20,25,29H,11-16,21-23H2,1-3H3/t29-/m0/s1. The van der Waals surface area contributed by atoms with E-state index < -0.39 is 5.60 Å². The van der Waals surface area contributed by atoms with E-state index in [-0.39, 0.29) is 12.1 Å². The minimum absolute atomic E-state index is 0.165. The Morgan fingerprint density at radius 3 is 2.57 bits per heavy atom. The Hall–Kier alpha value is -4.05. The minimum Gasteiger partial charge on any atom is -0.473 e. The first-order valence-electron chi connectivity index (χ1n) is 16.4. The summed E-state index contributed by atoms with van der Waals surface area (Å²) >= 11 is 6.17. The summed E-state index contributed by atoms with van der Waals surface area (Å²) in [5, 5.41) is 1.68. The first-order chi connectivity index (χ1) is 22.7. The second-order valence-electron chi connectivity index (χ2n) is 13.5. The number of halogens is 1. The van der Waals surface area contributed by atoms with Crippen LogP contribution < -0.4 is 4.74 Å². The molecule has 244 valence electrons. The molecule has 47 heavy (non-hydrogen) atoms. The molecular formula is C37H40ClN5O4. The third kappa shape index (κ3) is 7.43. The lowest BCUT2D eigenvalue weighted by molar-refractivity contribution is -0.0592. The van der Waals surface area contributed by atoms with E-state index in [0.717, 1.165) is 91.1 Å². The van der Waals surface area contributed by atoms with E-state index in [2.05, 4.69) is 26.6 Å². The Morgan fingerprint density at radius 1 is 1.00 bits per heavy atom. The fraction of sp³-hybridized carbons (Fsp3) is 0.405. The molecule has 2 aliphatic heterocycles. The molecule has 0 bridgehead atoms. The lowest BCUT2D eigenvalue weighted by atomic mass is 9.93. The number of esters is 1. The van der Waals surface area contributed by atoms with Gasteiger partial charge in [-0.1, -0.05) is 17.7 Å². The topological polar surface area (TPSA) is 91.6 Å². The van der Waals surface area contributed by atoms with Crippen LogP contribution in [-0.2, 0) is 29.2 Å². The van der Waals surface area contributed by atoms with Crippen LogP contribution in [0.15, 0.2) is 66.9 Å². The van der Waals surface area contributed by atoms with Crippen molar-refractivity contribution in [3.8, 4) is 5.88 Å². The minimum atomic E-state index is -0.557. The molecule has 1 atom stereocenters. The second-order valence-corrected chi connectivity index (χ2v) is 14.0. The number of benzene rings is 2. The molecule has 9 nitrogen and oxygen atoms in total. The van der Waals surface area contributed by atoms with Crippen LogP contribution in [0.3, 0.4) is 0 Å². The maximum atomic E-state index is 12.8. The van der Waals surface area contributed by atoms with Gasteiger partial charge in [0, 0.05) is 46.5 Å². The molecule has 0 unspecified atom stereocenters. The van der Waals surface area contributed by atoms with Gasteiger partial charge < -0.3 is 18.8 Å². The number of piperidine rings is 1. The Labute approximate surface area is 279 Å². The van der Waals surface area contributed by atoms with Gasteiger partial charge in [0.05, 0.1) is 41.3 Å². The maximum Gasteiger partial charge on any atom is 0.338 e. The molecule has 0 saturated carbocycles. The number of ether oxygens (including phenoxy) is 3. The molecule has 0 amide bonds. The number of fused-ring (bicyclic) bond motifs is 2. The molecule has 2 aromatic carbocycles. The third-order valence-electron chi connectivity index (χ3n) is 8.84. The van der Waals surface area contributed by atoms with Gasteiger partial charge in [-0.3, -0.25) is 9.88 Å². The number of hydrogen-bond acceptors (Lipinski definition) is 8. The highest BCUT2D eigenvalue weighted by atomic mass is 35.5. The SMILES string of the molecule is CC(C)(C)OC(=O)c1ccc2nc(CN3CCC(c4cccc(OCc5cnc6ccc(Cl)cc6c5)n4)CC3)n(C[C@@H]3CCO3)c2c1. The van der Waals surface area contributed by atoms with Crippen LogP contribution in [0.2, 0.25) is 5.02 Å². The fourth-order valence-electron chi connectivity index (χ4n) is 6.30. The summed E-state index contributed by atoms with van der Waals surface area (Å²) in [4.78, 5) is 29.7. The van der Waals surface area contributed by atoms with E-state index in [1.165, 1.54) is 0 Å². The number of rotatable bonds is 9. The number of likely N-dealkylation sites (tertiary alicyclic amines) is 1. The third-order valence-corrected chi connectivity index (χ3v) is 9.08. The molecule has 0 radical (unpaired) electrons. The first-order valence-corrected chi connectivity index (χ1v) is 16.7. The van der Waals surface area contributed by atoms with Crippen molar-refractivity contribution in [3.05, 3.63) is 94.5 Å². The van der Waals surface area contributed by atoms with E-state index in [1.807, 2.05) is 75.5 Å². The highest BCUT2D eigenvalue weighted by Crippen LogP contribution is 2.30. The van der Waals surface area contributed by atoms with Gasteiger partial charge in [-0.2, -0.15) is 0 Å². The number of imidazole rings is 1. The number of hydrogen-bond donors (Lipinski definition) is 0. The maximum absolute atomic E-state index is 12.8. The quantitative estimate of drug-likeness (QED) is 0.153. The fourth-order valence-corrected chi connectivity index (χ4v) is 6.48. The van der Waals surface area contributed by atoms with Crippen molar-refractivity contribution in [1.82, 2.24) is 24.4 Å². The van der Waals surface area contributed by atoms with Crippen molar-refractivity contribution >= 4 is 39.5 Å². The molecule has 3 aromatic heterocycles. The molecule has 0 aliphatic carbocycles. The van der Waals surface area contributed by atoms with Gasteiger partial charge in [0.15, 0.2) is 0 Å². The van der Waals surface area contributed by atoms with Crippen LogP contribution >= 0.6 is 11.6 Å². The van der Waals surface area contributed by atoms with Gasteiger partial charge in [-0.15, -0.1) is 0 Å². The van der Waals surface area contributed by atoms with E-state index in [0.29, 0.717) is 29.0 Å². The van der Waals surface area contributed by atoms with Gasteiger partial charge in [-0.05, 0) is 102 Å². The molecular weight excluding hydrogens is 614 g/mol. The number of aromatic nitrogens is 4. The predicted octanol–water partition coefficient (Wildman–Crippen LogP) is 7.34. The predicted molar refractivity (Wildman–Crippen MR) is 182 cm³/mol. The average Bonchev–Trinajstić information content (AvgIpc) is 3.37. The van der Waals surface area contributed by atoms with Gasteiger partial charge in [0.1, 0.15) is 18.0 Å². The average molecular weight is 654 g/mol. The number of pyridine rings is 2. The first kappa shape index (κ1) is 31.5. The highest BCUT2D eigenvalue weighted by Gasteiger charge is 2.27. The largest absolute Gasteiger partial charge is 0.473 e. The molecule has 2 saturated heterocycles. The van der Waals surface area contributed by atoms with E-state index in [1.54, 1.807) is 0 Å². The Kier molecular flexibility index (Phi) is 8.87. The molecule has 0 N–H and O–H groups in total. The summed E-state index contributed by atoms with van der Waals surface area (Å²) in [6.45, 7) is 10.2. The summed E-state index contributed by atoms with van der Waals surface area (Å²) in [6.07, 6.45) is 5.03. The smallest absolute Gasteiger partial charge is 0.338 e. The lowest BCUT2D eigenvalue weighted by Gasteiger charge is -2.32. The van der Waals surface area contributed by atoms with Crippen LogP contribution in [0.4, 0.5) is 0 Å². The summed E-state index contributed by atoms with van der Waals surface area (Å²) in [7, 11) is 0. The molecule has 5 heterocycles. The van der Waals surface area contributed by atoms with E-state index in [9.17, 15) is 4.79 Å². The Balaban J connectivity index is 1.00. The zero-order valence-corrected chi connectivity index (χ0v) is 27.9. The van der Waals surface area contributed by atoms with E-state index in [4.69, 9.17) is 35.8 Å². The van der Waals surface area contributed by atoms with Crippen LogP contribution in [0.1, 0.15) is 73.4 Å². The zero-order valence-electron chi connectivity index (χ0n) is 27.1. The van der Waals surface area contributed by atoms with Gasteiger partial charge >= 0.3 is 5.97 Å². The molecule has 2 aliphatic rings. The molecule has 5 aromatic rings. The van der Waals surface area contributed by atoms with Crippen molar-refractivity contribution in [2.75, 3.05) is 19.7 Å². The number of nitrogens with zero attached hydrogens (tertiary/aromatic N) is 5. The van der Waals surface area contributed by atoms with Crippen LogP contribution in [0.5, 0.6) is 5.88 Å². The summed E-state index contributed by atoms with van der Waals surface area (Å²) in [5.41, 5.74) is 4.74.